The largest absolute Gasteiger partial charge is 0.356 e. The summed E-state index contributed by atoms with van der Waals surface area (Å²) in [4.78, 5) is 28.4. The summed E-state index contributed by atoms with van der Waals surface area (Å²) < 4.78 is 0. The Morgan fingerprint density at radius 2 is 1.78 bits per heavy atom. The Bertz CT molecular complexity index is 631. The molecule has 0 aromatic heterocycles. The van der Waals surface area contributed by atoms with Gasteiger partial charge in [-0.05, 0) is 30.5 Å². The fourth-order valence-electron chi connectivity index (χ4n) is 3.62. The molecule has 1 aromatic rings. The molecule has 0 spiro atoms. The molecule has 0 aliphatic carbocycles. The molecule has 0 unspecified atom stereocenters. The minimum atomic E-state index is -0.0870. The lowest BCUT2D eigenvalue weighted by Crippen LogP contribution is -2.44. The molecular formula is C20H31N5O2. The van der Waals surface area contributed by atoms with Gasteiger partial charge in [0.25, 0.3) is 0 Å². The van der Waals surface area contributed by atoms with Crippen molar-refractivity contribution in [3.63, 3.8) is 0 Å². The summed E-state index contributed by atoms with van der Waals surface area (Å²) in [5.74, 6) is -0.000370. The number of nitrogens with one attached hydrogen (secondary N) is 3. The fourth-order valence-corrected chi connectivity index (χ4v) is 3.62. The molecule has 1 saturated heterocycles. The van der Waals surface area contributed by atoms with Crippen LogP contribution < -0.4 is 16.0 Å². The highest BCUT2D eigenvalue weighted by molar-refractivity contribution is 5.78. The van der Waals surface area contributed by atoms with Crippen molar-refractivity contribution in [3.8, 4) is 0 Å². The Kier molecular flexibility index (Phi) is 7.47. The van der Waals surface area contributed by atoms with Gasteiger partial charge in [0.1, 0.15) is 0 Å². The molecule has 0 radical (unpaired) electrons. The number of benzene rings is 1. The Hall–Kier alpha value is -2.12. The second-order valence-electron chi connectivity index (χ2n) is 7.22. The minimum absolute atomic E-state index is 0.000370. The van der Waals surface area contributed by atoms with Crippen LogP contribution in [0.4, 0.5) is 4.79 Å². The number of fused-ring (bicyclic) bond motifs is 1. The van der Waals surface area contributed by atoms with Crippen LogP contribution in [0.5, 0.6) is 0 Å². The highest BCUT2D eigenvalue weighted by Gasteiger charge is 2.20. The van der Waals surface area contributed by atoms with Gasteiger partial charge in [0.15, 0.2) is 0 Å². The smallest absolute Gasteiger partial charge is 0.317 e. The van der Waals surface area contributed by atoms with Crippen molar-refractivity contribution in [3.05, 3.63) is 35.4 Å². The highest BCUT2D eigenvalue weighted by Crippen LogP contribution is 2.18. The van der Waals surface area contributed by atoms with Gasteiger partial charge < -0.3 is 25.8 Å². The molecule has 0 saturated carbocycles. The van der Waals surface area contributed by atoms with E-state index in [0.717, 1.165) is 52.1 Å². The molecule has 3 rings (SSSR count). The van der Waals surface area contributed by atoms with Crippen molar-refractivity contribution in [1.29, 1.82) is 0 Å². The van der Waals surface area contributed by atoms with Crippen LogP contribution in [-0.4, -0.2) is 74.1 Å². The first-order valence-electron chi connectivity index (χ1n) is 10.0. The first-order chi connectivity index (χ1) is 13.2. The van der Waals surface area contributed by atoms with Gasteiger partial charge in [0.05, 0.1) is 0 Å². The number of piperazine rings is 1. The van der Waals surface area contributed by atoms with E-state index in [4.69, 9.17) is 0 Å². The maximum atomic E-state index is 12.3. The van der Waals surface area contributed by atoms with Crippen molar-refractivity contribution in [2.45, 2.75) is 25.8 Å². The lowest BCUT2D eigenvalue weighted by Gasteiger charge is -2.29. The van der Waals surface area contributed by atoms with E-state index in [1.807, 2.05) is 17.0 Å². The average Bonchev–Trinajstić information content (AvgIpc) is 2.71. The van der Waals surface area contributed by atoms with Crippen LogP contribution in [-0.2, 0) is 17.8 Å². The summed E-state index contributed by atoms with van der Waals surface area (Å²) in [7, 11) is 0. The maximum Gasteiger partial charge on any atom is 0.317 e. The van der Waals surface area contributed by atoms with Gasteiger partial charge in [-0.2, -0.15) is 0 Å². The number of amides is 3. The molecule has 1 aromatic carbocycles. The van der Waals surface area contributed by atoms with Crippen LogP contribution in [0, 0.1) is 0 Å². The van der Waals surface area contributed by atoms with Crippen molar-refractivity contribution >= 4 is 11.9 Å². The van der Waals surface area contributed by atoms with Crippen molar-refractivity contribution < 1.29 is 9.59 Å². The summed E-state index contributed by atoms with van der Waals surface area (Å²) in [5, 5.41) is 9.14. The number of hydrogen-bond donors (Lipinski definition) is 3. The first kappa shape index (κ1) is 19.6. The molecule has 3 amide bonds. The number of carbonyl (C=O) groups is 2. The standard InChI is InChI=1S/C20H31N5O2/c26-19(22-8-3-12-24-14-10-21-11-15-24)6-9-23-20(27)25-13-7-17-4-1-2-5-18(17)16-25/h1-2,4-5,21H,3,6-16H2,(H,22,26)(H,23,27). The predicted molar refractivity (Wildman–Crippen MR) is 106 cm³/mol. The van der Waals surface area contributed by atoms with Gasteiger partial charge in [-0.1, -0.05) is 24.3 Å². The van der Waals surface area contributed by atoms with Crippen molar-refractivity contribution in [1.82, 2.24) is 25.8 Å². The fraction of sp³-hybridized carbons (Fsp3) is 0.600. The molecule has 2 aliphatic heterocycles. The predicted octanol–water partition coefficient (Wildman–Crippen LogP) is 0.556. The summed E-state index contributed by atoms with van der Waals surface area (Å²) in [6.45, 7) is 7.72. The van der Waals surface area contributed by atoms with E-state index in [9.17, 15) is 9.59 Å². The summed E-state index contributed by atoms with van der Waals surface area (Å²) in [5.41, 5.74) is 2.53. The number of rotatable bonds is 7. The molecule has 2 aliphatic rings. The summed E-state index contributed by atoms with van der Waals surface area (Å²) >= 11 is 0. The molecule has 1 fully saturated rings. The Balaban J connectivity index is 1.26. The van der Waals surface area contributed by atoms with Gasteiger partial charge in [0.2, 0.25) is 5.91 Å². The average molecular weight is 374 g/mol. The van der Waals surface area contributed by atoms with Crippen LogP contribution in [0.2, 0.25) is 0 Å². The normalized spacial score (nSPS) is 17.3. The number of carbonyl (C=O) groups excluding carboxylic acids is 2. The Morgan fingerprint density at radius 3 is 2.59 bits per heavy atom. The van der Waals surface area contributed by atoms with E-state index in [1.165, 1.54) is 11.1 Å². The zero-order valence-electron chi connectivity index (χ0n) is 16.0. The maximum absolute atomic E-state index is 12.3. The minimum Gasteiger partial charge on any atom is -0.356 e. The monoisotopic (exact) mass is 373 g/mol. The number of hydrogen-bond acceptors (Lipinski definition) is 4. The van der Waals surface area contributed by atoms with Crippen LogP contribution in [0.25, 0.3) is 0 Å². The molecular weight excluding hydrogens is 342 g/mol. The van der Waals surface area contributed by atoms with E-state index in [0.29, 0.717) is 26.1 Å². The van der Waals surface area contributed by atoms with Crippen molar-refractivity contribution in [2.24, 2.45) is 0 Å². The second kappa shape index (κ2) is 10.3. The zero-order chi connectivity index (χ0) is 18.9. The molecule has 7 nitrogen and oxygen atoms in total. The third-order valence-corrected chi connectivity index (χ3v) is 5.23. The topological polar surface area (TPSA) is 76.7 Å². The number of nitrogens with zero attached hydrogens (tertiary/aromatic N) is 2. The van der Waals surface area contributed by atoms with Gasteiger partial charge >= 0.3 is 6.03 Å². The van der Waals surface area contributed by atoms with Gasteiger partial charge in [-0.15, -0.1) is 0 Å². The van der Waals surface area contributed by atoms with E-state index >= 15 is 0 Å². The quantitative estimate of drug-likeness (QED) is 0.611. The van der Waals surface area contributed by atoms with E-state index < -0.39 is 0 Å². The molecule has 0 atom stereocenters. The third-order valence-electron chi connectivity index (χ3n) is 5.23. The number of urea groups is 1. The molecule has 148 valence electrons. The summed E-state index contributed by atoms with van der Waals surface area (Å²) in [6.07, 6.45) is 2.17. The SMILES string of the molecule is O=C(CCNC(=O)N1CCc2ccccc2C1)NCCCN1CCNCC1. The third kappa shape index (κ3) is 6.22. The van der Waals surface area contributed by atoms with E-state index in [-0.39, 0.29) is 11.9 Å². The first-order valence-corrected chi connectivity index (χ1v) is 10.0. The van der Waals surface area contributed by atoms with Crippen molar-refractivity contribution in [2.75, 3.05) is 52.4 Å². The zero-order valence-corrected chi connectivity index (χ0v) is 16.0. The van der Waals surface area contributed by atoms with Gasteiger partial charge in [-0.25, -0.2) is 4.79 Å². The van der Waals surface area contributed by atoms with Crippen LogP contribution >= 0.6 is 0 Å². The van der Waals surface area contributed by atoms with E-state index in [1.54, 1.807) is 0 Å². The van der Waals surface area contributed by atoms with Crippen LogP contribution in [0.1, 0.15) is 24.0 Å². The lowest BCUT2D eigenvalue weighted by molar-refractivity contribution is -0.120. The van der Waals surface area contributed by atoms with Crippen LogP contribution in [0.15, 0.2) is 24.3 Å². The molecule has 3 N–H and O–H groups in total. The van der Waals surface area contributed by atoms with E-state index in [2.05, 4.69) is 33.0 Å². The molecule has 2 heterocycles. The second-order valence-corrected chi connectivity index (χ2v) is 7.22. The lowest BCUT2D eigenvalue weighted by atomic mass is 10.0. The Morgan fingerprint density at radius 1 is 1.00 bits per heavy atom. The Labute approximate surface area is 161 Å². The molecule has 7 heteroatoms. The van der Waals surface area contributed by atoms with Gasteiger partial charge in [0, 0.05) is 58.8 Å². The van der Waals surface area contributed by atoms with Gasteiger partial charge in [-0.3, -0.25) is 4.79 Å². The molecule has 0 bridgehead atoms. The highest BCUT2D eigenvalue weighted by atomic mass is 16.2. The van der Waals surface area contributed by atoms with Crippen LogP contribution in [0.3, 0.4) is 0 Å². The summed E-state index contributed by atoms with van der Waals surface area (Å²) in [6, 6.07) is 8.15. The molecule has 27 heavy (non-hydrogen) atoms.